The molecule has 0 unspecified atom stereocenters. The second-order valence-electron chi connectivity index (χ2n) is 5.91. The van der Waals surface area contributed by atoms with E-state index in [-0.39, 0.29) is 11.9 Å². The molecule has 0 saturated carbocycles. The molecule has 3 aromatic rings. The first-order valence-corrected chi connectivity index (χ1v) is 8.28. The summed E-state index contributed by atoms with van der Waals surface area (Å²) in [5.74, 6) is -0.225. The number of benzene rings is 1. The van der Waals surface area contributed by atoms with Crippen molar-refractivity contribution in [2.24, 2.45) is 0 Å². The van der Waals surface area contributed by atoms with Crippen LogP contribution in [0.3, 0.4) is 0 Å². The minimum Gasteiger partial charge on any atom is -0.286 e. The fourth-order valence-corrected chi connectivity index (χ4v) is 2.56. The predicted molar refractivity (Wildman–Crippen MR) is 95.2 cm³/mol. The van der Waals surface area contributed by atoms with Crippen molar-refractivity contribution >= 4 is 11.9 Å². The Morgan fingerprint density at radius 2 is 2.12 bits per heavy atom. The average molecular weight is 336 g/mol. The lowest BCUT2D eigenvalue weighted by Crippen LogP contribution is -2.15. The summed E-state index contributed by atoms with van der Waals surface area (Å²) in [7, 11) is 0. The quantitative estimate of drug-likeness (QED) is 0.721. The maximum atomic E-state index is 12.5. The van der Waals surface area contributed by atoms with Gasteiger partial charge in [0.15, 0.2) is 0 Å². The molecule has 2 N–H and O–H groups in total. The van der Waals surface area contributed by atoms with Gasteiger partial charge < -0.3 is 0 Å². The highest BCUT2D eigenvalue weighted by Gasteiger charge is 2.14. The van der Waals surface area contributed by atoms with E-state index in [0.717, 1.165) is 41.6 Å². The van der Waals surface area contributed by atoms with Gasteiger partial charge in [-0.2, -0.15) is 5.21 Å². The summed E-state index contributed by atoms with van der Waals surface area (Å²) in [6, 6.07) is 12.0. The predicted octanol–water partition coefficient (Wildman–Crippen LogP) is 3.17. The molecule has 0 aliphatic rings. The maximum Gasteiger partial charge on any atom is 0.276 e. The van der Waals surface area contributed by atoms with E-state index < -0.39 is 0 Å². The van der Waals surface area contributed by atoms with Crippen LogP contribution in [0.1, 0.15) is 41.4 Å². The second kappa shape index (κ2) is 7.65. The van der Waals surface area contributed by atoms with Crippen molar-refractivity contribution < 1.29 is 4.79 Å². The van der Waals surface area contributed by atoms with Crippen molar-refractivity contribution in [3.05, 3.63) is 53.2 Å². The van der Waals surface area contributed by atoms with Gasteiger partial charge in [-0.15, -0.1) is 5.10 Å². The van der Waals surface area contributed by atoms with Gasteiger partial charge in [0.05, 0.1) is 5.69 Å². The molecule has 1 aromatic carbocycles. The number of carbonyl (C=O) groups is 1. The number of pyridine rings is 1. The van der Waals surface area contributed by atoms with Crippen molar-refractivity contribution in [2.45, 2.75) is 33.1 Å². The number of hydrogen-bond donors (Lipinski definition) is 2. The first-order chi connectivity index (χ1) is 12.2. The van der Waals surface area contributed by atoms with Gasteiger partial charge in [0.2, 0.25) is 0 Å². The lowest BCUT2D eigenvalue weighted by atomic mass is 10.0. The molecule has 0 aliphatic carbocycles. The van der Waals surface area contributed by atoms with Crippen LogP contribution in [0.4, 0.5) is 5.95 Å². The van der Waals surface area contributed by atoms with E-state index in [9.17, 15) is 4.79 Å². The van der Waals surface area contributed by atoms with Gasteiger partial charge in [0.1, 0.15) is 5.69 Å². The van der Waals surface area contributed by atoms with Gasteiger partial charge in [0.25, 0.3) is 11.9 Å². The fourth-order valence-electron chi connectivity index (χ4n) is 2.56. The minimum absolute atomic E-state index is 0.128. The molecule has 3 rings (SSSR count). The summed E-state index contributed by atoms with van der Waals surface area (Å²) in [6.07, 6.45) is 3.05. The molecule has 2 aromatic heterocycles. The largest absolute Gasteiger partial charge is 0.286 e. The molecule has 0 saturated heterocycles. The molecule has 0 atom stereocenters. The van der Waals surface area contributed by atoms with Crippen molar-refractivity contribution in [1.29, 1.82) is 0 Å². The zero-order chi connectivity index (χ0) is 17.6. The number of aryl methyl sites for hydroxylation is 2. The molecule has 0 spiro atoms. The lowest BCUT2D eigenvalue weighted by molar-refractivity contribution is 0.102. The number of rotatable bonds is 6. The van der Waals surface area contributed by atoms with E-state index in [1.54, 1.807) is 0 Å². The number of carbonyl (C=O) groups excluding carboxylic acids is 1. The SMILES string of the molecule is CCCCc1cc(C(=O)Nc2nn[nH]n2)nc(-c2cccc(C)c2)c1. The van der Waals surface area contributed by atoms with Crippen LogP contribution in [-0.2, 0) is 6.42 Å². The number of tetrazole rings is 1. The van der Waals surface area contributed by atoms with Gasteiger partial charge in [0, 0.05) is 5.56 Å². The summed E-state index contributed by atoms with van der Waals surface area (Å²) in [5, 5.41) is 15.8. The van der Waals surface area contributed by atoms with Gasteiger partial charge in [-0.3, -0.25) is 10.1 Å². The van der Waals surface area contributed by atoms with Gasteiger partial charge in [-0.05, 0) is 48.7 Å². The van der Waals surface area contributed by atoms with E-state index in [4.69, 9.17) is 0 Å². The Kier molecular flexibility index (Phi) is 5.13. The number of aromatic amines is 1. The second-order valence-corrected chi connectivity index (χ2v) is 5.91. The highest BCUT2D eigenvalue weighted by molar-refractivity contribution is 6.02. The Labute approximate surface area is 145 Å². The van der Waals surface area contributed by atoms with Crippen LogP contribution in [-0.4, -0.2) is 31.5 Å². The Hall–Kier alpha value is -3.09. The molecule has 0 fully saturated rings. The normalized spacial score (nSPS) is 10.6. The molecule has 7 heteroatoms. The monoisotopic (exact) mass is 336 g/mol. The standard InChI is InChI=1S/C18H20N6O/c1-3-4-7-13-10-15(14-8-5-6-12(2)9-14)19-16(11-13)17(25)20-18-21-23-24-22-18/h5-6,8-11H,3-4,7H2,1-2H3,(H2,20,21,22,23,24,25). The van der Waals surface area contributed by atoms with Crippen molar-refractivity contribution in [1.82, 2.24) is 25.6 Å². The molecule has 7 nitrogen and oxygen atoms in total. The Morgan fingerprint density at radius 3 is 2.84 bits per heavy atom. The zero-order valence-electron chi connectivity index (χ0n) is 14.3. The van der Waals surface area contributed by atoms with Gasteiger partial charge in [-0.25, -0.2) is 4.98 Å². The number of amides is 1. The number of anilines is 1. The first-order valence-electron chi connectivity index (χ1n) is 8.28. The molecule has 25 heavy (non-hydrogen) atoms. The van der Waals surface area contributed by atoms with Crippen LogP contribution < -0.4 is 5.32 Å². The Bertz CT molecular complexity index is 860. The topological polar surface area (TPSA) is 96.5 Å². The molecular formula is C18H20N6O. The first kappa shape index (κ1) is 16.8. The van der Waals surface area contributed by atoms with Crippen LogP contribution in [0.2, 0.25) is 0 Å². The summed E-state index contributed by atoms with van der Waals surface area (Å²) < 4.78 is 0. The van der Waals surface area contributed by atoms with Crippen LogP contribution in [0, 0.1) is 6.92 Å². The smallest absolute Gasteiger partial charge is 0.276 e. The fraction of sp³-hybridized carbons (Fsp3) is 0.278. The number of aromatic nitrogens is 5. The average Bonchev–Trinajstić information content (AvgIpc) is 3.12. The summed E-state index contributed by atoms with van der Waals surface area (Å²) in [6.45, 7) is 4.18. The minimum atomic E-state index is -0.353. The summed E-state index contributed by atoms with van der Waals surface area (Å²) in [4.78, 5) is 17.0. The van der Waals surface area contributed by atoms with Crippen LogP contribution in [0.5, 0.6) is 0 Å². The Balaban J connectivity index is 1.96. The van der Waals surface area contributed by atoms with Crippen LogP contribution >= 0.6 is 0 Å². The number of nitrogens with zero attached hydrogens (tertiary/aromatic N) is 4. The molecule has 0 radical (unpaired) electrons. The summed E-state index contributed by atoms with van der Waals surface area (Å²) in [5.41, 5.74) is 4.36. The molecule has 2 heterocycles. The third-order valence-corrected chi connectivity index (χ3v) is 3.82. The Morgan fingerprint density at radius 1 is 1.24 bits per heavy atom. The van der Waals surface area contributed by atoms with E-state index in [0.29, 0.717) is 5.69 Å². The maximum absolute atomic E-state index is 12.5. The molecule has 1 amide bonds. The molecular weight excluding hydrogens is 316 g/mol. The molecule has 0 bridgehead atoms. The van der Waals surface area contributed by atoms with E-state index in [1.165, 1.54) is 0 Å². The highest BCUT2D eigenvalue weighted by Crippen LogP contribution is 2.22. The van der Waals surface area contributed by atoms with E-state index >= 15 is 0 Å². The van der Waals surface area contributed by atoms with Crippen LogP contribution in [0.25, 0.3) is 11.3 Å². The summed E-state index contributed by atoms with van der Waals surface area (Å²) >= 11 is 0. The zero-order valence-corrected chi connectivity index (χ0v) is 14.3. The number of H-pyrrole nitrogens is 1. The van der Waals surface area contributed by atoms with Crippen molar-refractivity contribution in [3.8, 4) is 11.3 Å². The highest BCUT2D eigenvalue weighted by atomic mass is 16.2. The van der Waals surface area contributed by atoms with E-state index in [2.05, 4.69) is 50.0 Å². The lowest BCUT2D eigenvalue weighted by Gasteiger charge is -2.09. The third-order valence-electron chi connectivity index (χ3n) is 3.82. The third kappa shape index (κ3) is 4.26. The number of unbranched alkanes of at least 4 members (excludes halogenated alkanes) is 1. The van der Waals surface area contributed by atoms with Crippen molar-refractivity contribution in [3.63, 3.8) is 0 Å². The van der Waals surface area contributed by atoms with Crippen LogP contribution in [0.15, 0.2) is 36.4 Å². The van der Waals surface area contributed by atoms with Gasteiger partial charge >= 0.3 is 0 Å². The van der Waals surface area contributed by atoms with Crippen molar-refractivity contribution in [2.75, 3.05) is 5.32 Å². The molecule has 128 valence electrons. The number of hydrogen-bond acceptors (Lipinski definition) is 5. The van der Waals surface area contributed by atoms with E-state index in [1.807, 2.05) is 31.2 Å². The number of nitrogens with one attached hydrogen (secondary N) is 2. The van der Waals surface area contributed by atoms with Gasteiger partial charge in [-0.1, -0.05) is 42.2 Å². The molecule has 0 aliphatic heterocycles.